The molecule has 0 aliphatic heterocycles. The van der Waals surface area contributed by atoms with E-state index in [-0.39, 0.29) is 5.97 Å². The molecule has 1 aromatic heterocycles. The zero-order chi connectivity index (χ0) is 10.4. The highest BCUT2D eigenvalue weighted by molar-refractivity contribution is 8.01. The number of carbonyl (C=O) groups excluding carboxylic acids is 1. The molecule has 0 atom stereocenters. The minimum absolute atomic E-state index is 0.295. The molecule has 2 nitrogen and oxygen atoms in total. The van der Waals surface area contributed by atoms with Crippen molar-refractivity contribution in [1.29, 1.82) is 0 Å². The molecule has 4 heteroatoms. The second-order valence-corrected chi connectivity index (χ2v) is 4.77. The Hall–Kier alpha value is -0.740. The van der Waals surface area contributed by atoms with Gasteiger partial charge in [-0.3, -0.25) is 0 Å². The summed E-state index contributed by atoms with van der Waals surface area (Å²) < 4.78 is 6.02. The minimum atomic E-state index is -0.295. The van der Waals surface area contributed by atoms with Gasteiger partial charge in [0.1, 0.15) is 0 Å². The third-order valence-corrected chi connectivity index (χ3v) is 3.67. The van der Waals surface area contributed by atoms with Gasteiger partial charge < -0.3 is 4.74 Å². The average molecular weight is 228 g/mol. The zero-order valence-electron chi connectivity index (χ0n) is 7.99. The van der Waals surface area contributed by atoms with Gasteiger partial charge in [-0.05, 0) is 18.4 Å². The lowest BCUT2D eigenvalue weighted by Crippen LogP contribution is -2.08. The highest BCUT2D eigenvalue weighted by Gasteiger charge is 2.07. The van der Waals surface area contributed by atoms with Crippen molar-refractivity contribution >= 4 is 29.1 Å². The van der Waals surface area contributed by atoms with Crippen LogP contribution in [-0.2, 0) is 9.53 Å². The molecule has 1 aromatic rings. The van der Waals surface area contributed by atoms with Gasteiger partial charge in [0.05, 0.1) is 10.8 Å². The fourth-order valence-electron chi connectivity index (χ4n) is 0.796. The second-order valence-electron chi connectivity index (χ2n) is 2.54. The summed E-state index contributed by atoms with van der Waals surface area (Å²) in [6.07, 6.45) is 0. The van der Waals surface area contributed by atoms with Crippen LogP contribution in [-0.4, -0.2) is 18.3 Å². The molecule has 0 radical (unpaired) electrons. The number of thiophene rings is 1. The van der Waals surface area contributed by atoms with E-state index in [1.165, 1.54) is 4.21 Å². The van der Waals surface area contributed by atoms with E-state index in [0.29, 0.717) is 17.9 Å². The topological polar surface area (TPSA) is 26.3 Å². The highest BCUT2D eigenvalue weighted by Crippen LogP contribution is 2.24. The third-order valence-electron chi connectivity index (χ3n) is 1.45. The summed E-state index contributed by atoms with van der Waals surface area (Å²) in [6, 6.07) is 4.01. The van der Waals surface area contributed by atoms with Crippen LogP contribution >= 0.6 is 23.1 Å². The van der Waals surface area contributed by atoms with Crippen molar-refractivity contribution in [2.75, 3.05) is 12.4 Å². The van der Waals surface area contributed by atoms with Gasteiger partial charge in [-0.2, -0.15) is 0 Å². The van der Waals surface area contributed by atoms with E-state index in [9.17, 15) is 4.79 Å². The summed E-state index contributed by atoms with van der Waals surface area (Å²) in [4.78, 5) is 11.2. The normalized spacial score (nSPS) is 9.79. The molecule has 0 bridgehead atoms. The first-order chi connectivity index (χ1) is 6.74. The molecule has 1 heterocycles. The first-order valence-electron chi connectivity index (χ1n) is 4.25. The summed E-state index contributed by atoms with van der Waals surface area (Å²) in [7, 11) is 0. The van der Waals surface area contributed by atoms with Crippen LogP contribution in [0.15, 0.2) is 33.9 Å². The lowest BCUT2D eigenvalue weighted by Gasteiger charge is -2.03. The Morgan fingerprint density at radius 3 is 3.07 bits per heavy atom. The van der Waals surface area contributed by atoms with Gasteiger partial charge >= 0.3 is 5.97 Å². The quantitative estimate of drug-likeness (QED) is 0.440. The van der Waals surface area contributed by atoms with Crippen molar-refractivity contribution in [1.82, 2.24) is 0 Å². The number of ether oxygens (including phenoxy) is 1. The zero-order valence-corrected chi connectivity index (χ0v) is 9.62. The smallest absolute Gasteiger partial charge is 0.334 e. The maximum Gasteiger partial charge on any atom is 0.334 e. The number of hydrogen-bond donors (Lipinski definition) is 0. The van der Waals surface area contributed by atoms with Gasteiger partial charge in [-0.25, -0.2) is 4.79 Å². The molecule has 0 saturated heterocycles. The molecule has 76 valence electrons. The maximum atomic E-state index is 11.2. The van der Waals surface area contributed by atoms with Crippen LogP contribution in [0.1, 0.15) is 6.92 Å². The van der Waals surface area contributed by atoms with Crippen molar-refractivity contribution < 1.29 is 9.53 Å². The first kappa shape index (κ1) is 11.3. The predicted octanol–water partition coefficient (Wildman–Crippen LogP) is 2.96. The van der Waals surface area contributed by atoms with Crippen LogP contribution in [0.5, 0.6) is 0 Å². The summed E-state index contributed by atoms with van der Waals surface area (Å²) in [5, 5.41) is 2.01. The molecule has 0 amide bonds. The Bertz CT molecular complexity index is 304. The van der Waals surface area contributed by atoms with Gasteiger partial charge in [0.15, 0.2) is 0 Å². The fraction of sp³-hybridized carbons (Fsp3) is 0.300. The molecular formula is C10H12O2S2. The lowest BCUT2D eigenvalue weighted by molar-refractivity contribution is -0.138. The van der Waals surface area contributed by atoms with E-state index >= 15 is 0 Å². The second kappa shape index (κ2) is 5.88. The SMILES string of the molecule is C=C(CSc1cccs1)C(=O)OCC. The number of esters is 1. The van der Waals surface area contributed by atoms with E-state index in [4.69, 9.17) is 4.74 Å². The van der Waals surface area contributed by atoms with Gasteiger partial charge in [-0.15, -0.1) is 23.1 Å². The molecule has 1 rings (SSSR count). The number of thioether (sulfide) groups is 1. The maximum absolute atomic E-state index is 11.2. The van der Waals surface area contributed by atoms with Crippen LogP contribution in [0, 0.1) is 0 Å². The Morgan fingerprint density at radius 1 is 1.71 bits per heavy atom. The van der Waals surface area contributed by atoms with Gasteiger partial charge in [-0.1, -0.05) is 12.6 Å². The first-order valence-corrected chi connectivity index (χ1v) is 6.11. The number of rotatable bonds is 5. The molecular weight excluding hydrogens is 216 g/mol. The molecule has 0 spiro atoms. The van der Waals surface area contributed by atoms with Crippen LogP contribution in [0.2, 0.25) is 0 Å². The van der Waals surface area contributed by atoms with Crippen LogP contribution in [0.25, 0.3) is 0 Å². The van der Waals surface area contributed by atoms with Crippen molar-refractivity contribution in [3.63, 3.8) is 0 Å². The largest absolute Gasteiger partial charge is 0.463 e. The molecule has 0 saturated carbocycles. The van der Waals surface area contributed by atoms with Gasteiger partial charge in [0, 0.05) is 11.3 Å². The van der Waals surface area contributed by atoms with E-state index in [1.54, 1.807) is 30.0 Å². The third kappa shape index (κ3) is 3.55. The Balaban J connectivity index is 2.31. The van der Waals surface area contributed by atoms with Crippen molar-refractivity contribution in [3.8, 4) is 0 Å². The predicted molar refractivity (Wildman–Crippen MR) is 60.8 cm³/mol. The number of carbonyl (C=O) groups is 1. The summed E-state index contributed by atoms with van der Waals surface area (Å²) in [5.74, 6) is 0.302. The van der Waals surface area contributed by atoms with E-state index in [0.717, 1.165) is 0 Å². The molecule has 0 N–H and O–H groups in total. The van der Waals surface area contributed by atoms with Crippen LogP contribution in [0.4, 0.5) is 0 Å². The van der Waals surface area contributed by atoms with Gasteiger partial charge in [0.25, 0.3) is 0 Å². The summed E-state index contributed by atoms with van der Waals surface area (Å²) in [6.45, 7) is 5.88. The molecule has 0 aromatic carbocycles. The minimum Gasteiger partial charge on any atom is -0.463 e. The highest BCUT2D eigenvalue weighted by atomic mass is 32.2. The summed E-state index contributed by atoms with van der Waals surface area (Å²) in [5.41, 5.74) is 0.519. The van der Waals surface area contributed by atoms with Crippen molar-refractivity contribution in [3.05, 3.63) is 29.7 Å². The molecule has 14 heavy (non-hydrogen) atoms. The Kier molecular flexibility index (Phi) is 4.76. The fourth-order valence-corrected chi connectivity index (χ4v) is 2.47. The lowest BCUT2D eigenvalue weighted by atomic mass is 10.4. The van der Waals surface area contributed by atoms with Crippen molar-refractivity contribution in [2.24, 2.45) is 0 Å². The average Bonchev–Trinajstić information content (AvgIpc) is 2.67. The standard InChI is InChI=1S/C10H12O2S2/c1-3-12-10(11)8(2)7-14-9-5-4-6-13-9/h4-6H,2-3,7H2,1H3. The Morgan fingerprint density at radius 2 is 2.50 bits per heavy atom. The molecule has 0 fully saturated rings. The Labute approximate surface area is 92.0 Å². The molecule has 0 aliphatic rings. The molecule has 0 aliphatic carbocycles. The number of hydrogen-bond acceptors (Lipinski definition) is 4. The monoisotopic (exact) mass is 228 g/mol. The summed E-state index contributed by atoms with van der Waals surface area (Å²) >= 11 is 3.27. The van der Waals surface area contributed by atoms with Crippen LogP contribution in [0.3, 0.4) is 0 Å². The van der Waals surface area contributed by atoms with Gasteiger partial charge in [0.2, 0.25) is 0 Å². The van der Waals surface area contributed by atoms with E-state index in [1.807, 2.05) is 17.5 Å². The van der Waals surface area contributed by atoms with E-state index in [2.05, 4.69) is 6.58 Å². The van der Waals surface area contributed by atoms with Crippen molar-refractivity contribution in [2.45, 2.75) is 11.1 Å². The van der Waals surface area contributed by atoms with Crippen LogP contribution < -0.4 is 0 Å². The molecule has 0 unspecified atom stereocenters. The van der Waals surface area contributed by atoms with E-state index < -0.39 is 0 Å².